The van der Waals surface area contributed by atoms with E-state index in [1.165, 1.54) is 0 Å². The highest BCUT2D eigenvalue weighted by atomic mass is 35.5. The lowest BCUT2D eigenvalue weighted by atomic mass is 10.2. The molecule has 0 spiro atoms. The number of fused-ring (bicyclic) bond motifs is 1. The van der Waals surface area contributed by atoms with Crippen LogP contribution < -0.4 is 9.64 Å². The van der Waals surface area contributed by atoms with Gasteiger partial charge in [0.25, 0.3) is 5.91 Å². The molecule has 1 aromatic carbocycles. The van der Waals surface area contributed by atoms with Gasteiger partial charge < -0.3 is 19.5 Å². The maximum Gasteiger partial charge on any atom is 0.417 e. The number of benzene rings is 1. The highest BCUT2D eigenvalue weighted by Gasteiger charge is 2.32. The van der Waals surface area contributed by atoms with Crippen molar-refractivity contribution in [2.24, 2.45) is 0 Å². The minimum Gasteiger partial charge on any atom is -0.494 e. The Morgan fingerprint density at radius 1 is 1.19 bits per heavy atom. The van der Waals surface area contributed by atoms with Gasteiger partial charge in [0.15, 0.2) is 0 Å². The number of alkyl halides is 3. The molecule has 31 heavy (non-hydrogen) atoms. The van der Waals surface area contributed by atoms with Gasteiger partial charge in [0.1, 0.15) is 17.3 Å². The average molecular weight is 453 g/mol. The number of halogens is 4. The molecule has 164 valence electrons. The normalized spacial score (nSPS) is 14.9. The minimum absolute atomic E-state index is 0.0599. The Bertz CT molecular complexity index is 1110. The Balaban J connectivity index is 1.44. The number of nitrogens with zero attached hydrogens (tertiary/aromatic N) is 3. The number of piperazine rings is 1. The standard InChI is InChI=1S/C21H20ClF3N4O2/c1-2-31-15-4-3-13-9-18(27-17(13)11-15)20(30)29-7-5-28(6-8-29)19-16(22)10-14(12-26-19)21(23,24)25/h3-4,9-12,27H,2,5-8H2,1H3. The number of aromatic nitrogens is 2. The Kier molecular flexibility index (Phi) is 5.70. The van der Waals surface area contributed by atoms with Gasteiger partial charge >= 0.3 is 6.18 Å². The summed E-state index contributed by atoms with van der Waals surface area (Å²) in [4.78, 5) is 23.4. The number of ether oxygens (including phenoxy) is 1. The molecular formula is C21H20ClF3N4O2. The zero-order valence-corrected chi connectivity index (χ0v) is 17.4. The van der Waals surface area contributed by atoms with Crippen molar-refractivity contribution in [1.82, 2.24) is 14.9 Å². The van der Waals surface area contributed by atoms with Crippen LogP contribution in [0.25, 0.3) is 10.9 Å². The molecule has 6 nitrogen and oxygen atoms in total. The molecule has 0 unspecified atom stereocenters. The van der Waals surface area contributed by atoms with E-state index in [9.17, 15) is 18.0 Å². The second-order valence-electron chi connectivity index (χ2n) is 7.17. The van der Waals surface area contributed by atoms with E-state index in [1.54, 1.807) is 15.9 Å². The lowest BCUT2D eigenvalue weighted by Gasteiger charge is -2.35. The molecule has 1 saturated heterocycles. The summed E-state index contributed by atoms with van der Waals surface area (Å²) < 4.78 is 43.9. The summed E-state index contributed by atoms with van der Waals surface area (Å²) in [5, 5.41) is 0.849. The van der Waals surface area contributed by atoms with Crippen molar-refractivity contribution in [3.63, 3.8) is 0 Å². The van der Waals surface area contributed by atoms with E-state index in [-0.39, 0.29) is 16.7 Å². The van der Waals surface area contributed by atoms with Gasteiger partial charge in [-0.2, -0.15) is 13.2 Å². The first kappa shape index (κ1) is 21.3. The molecule has 2 aromatic heterocycles. The number of aromatic amines is 1. The van der Waals surface area contributed by atoms with E-state index >= 15 is 0 Å². The van der Waals surface area contributed by atoms with Crippen molar-refractivity contribution in [3.05, 3.63) is 52.8 Å². The second-order valence-corrected chi connectivity index (χ2v) is 7.58. The van der Waals surface area contributed by atoms with Crippen molar-refractivity contribution < 1.29 is 22.7 Å². The number of anilines is 1. The average Bonchev–Trinajstić information content (AvgIpc) is 3.16. The highest BCUT2D eigenvalue weighted by Crippen LogP contribution is 2.33. The van der Waals surface area contributed by atoms with E-state index in [2.05, 4.69) is 9.97 Å². The monoisotopic (exact) mass is 452 g/mol. The highest BCUT2D eigenvalue weighted by molar-refractivity contribution is 6.33. The van der Waals surface area contributed by atoms with Crippen molar-refractivity contribution in [1.29, 1.82) is 0 Å². The van der Waals surface area contributed by atoms with Crippen LogP contribution in [0.3, 0.4) is 0 Å². The molecule has 3 heterocycles. The summed E-state index contributed by atoms with van der Waals surface area (Å²) in [6.45, 7) is 4.09. The lowest BCUT2D eigenvalue weighted by molar-refractivity contribution is -0.137. The van der Waals surface area contributed by atoms with Gasteiger partial charge in [0.05, 0.1) is 17.2 Å². The van der Waals surface area contributed by atoms with Crippen molar-refractivity contribution in [2.45, 2.75) is 13.1 Å². The van der Waals surface area contributed by atoms with E-state index in [0.29, 0.717) is 38.5 Å². The van der Waals surface area contributed by atoms with E-state index in [1.807, 2.05) is 25.1 Å². The van der Waals surface area contributed by atoms with E-state index in [0.717, 1.165) is 28.9 Å². The van der Waals surface area contributed by atoms with Crippen LogP contribution in [0.1, 0.15) is 23.0 Å². The molecular weight excluding hydrogens is 433 g/mol. The summed E-state index contributed by atoms with van der Waals surface area (Å²) >= 11 is 6.04. The number of hydrogen-bond donors (Lipinski definition) is 1. The largest absolute Gasteiger partial charge is 0.494 e. The molecule has 0 saturated carbocycles. The lowest BCUT2D eigenvalue weighted by Crippen LogP contribution is -2.49. The quantitative estimate of drug-likeness (QED) is 0.628. The summed E-state index contributed by atoms with van der Waals surface area (Å²) in [5.74, 6) is 0.876. The number of rotatable bonds is 4. The zero-order chi connectivity index (χ0) is 22.2. The fourth-order valence-corrected chi connectivity index (χ4v) is 3.87. The van der Waals surface area contributed by atoms with Crippen LogP contribution in [0.4, 0.5) is 19.0 Å². The van der Waals surface area contributed by atoms with Gasteiger partial charge in [-0.1, -0.05) is 11.6 Å². The maximum absolute atomic E-state index is 12.9. The second kappa shape index (κ2) is 8.30. The maximum atomic E-state index is 12.9. The first-order valence-corrected chi connectivity index (χ1v) is 10.2. The molecule has 10 heteroatoms. The fraction of sp³-hybridized carbons (Fsp3) is 0.333. The fourth-order valence-electron chi connectivity index (χ4n) is 3.59. The minimum atomic E-state index is -4.50. The van der Waals surface area contributed by atoms with Crippen LogP contribution in [0.5, 0.6) is 5.75 Å². The molecule has 1 aliphatic heterocycles. The third-order valence-electron chi connectivity index (χ3n) is 5.15. The molecule has 0 bridgehead atoms. The number of amides is 1. The van der Waals surface area contributed by atoms with Crippen molar-refractivity contribution in [3.8, 4) is 5.75 Å². The molecule has 1 fully saturated rings. The van der Waals surface area contributed by atoms with Crippen molar-refractivity contribution in [2.75, 3.05) is 37.7 Å². The molecule has 4 rings (SSSR count). The Morgan fingerprint density at radius 3 is 2.58 bits per heavy atom. The van der Waals surface area contributed by atoms with Gasteiger partial charge in [0, 0.05) is 49.3 Å². The molecule has 1 aliphatic rings. The van der Waals surface area contributed by atoms with Crippen LogP contribution in [-0.2, 0) is 6.18 Å². The zero-order valence-electron chi connectivity index (χ0n) is 16.7. The van der Waals surface area contributed by atoms with Gasteiger partial charge in [-0.3, -0.25) is 4.79 Å². The Morgan fingerprint density at radius 2 is 1.94 bits per heavy atom. The third-order valence-corrected chi connectivity index (χ3v) is 5.43. The van der Waals surface area contributed by atoms with Gasteiger partial charge in [-0.25, -0.2) is 4.98 Å². The van der Waals surface area contributed by atoms with Crippen molar-refractivity contribution >= 4 is 34.2 Å². The summed E-state index contributed by atoms with van der Waals surface area (Å²) in [6.07, 6.45) is -3.72. The predicted octanol–water partition coefficient (Wildman–Crippen LogP) is 4.60. The number of nitrogens with one attached hydrogen (secondary N) is 1. The summed E-state index contributed by atoms with van der Waals surface area (Å²) in [5.41, 5.74) is 0.401. The van der Waals surface area contributed by atoms with Crippen LogP contribution in [0, 0.1) is 0 Å². The number of carbonyl (C=O) groups excluding carboxylic acids is 1. The molecule has 1 N–H and O–H groups in total. The predicted molar refractivity (Wildman–Crippen MR) is 112 cm³/mol. The first-order valence-electron chi connectivity index (χ1n) is 9.79. The van der Waals surface area contributed by atoms with Crippen LogP contribution >= 0.6 is 11.6 Å². The summed E-state index contributed by atoms with van der Waals surface area (Å²) in [7, 11) is 0. The third kappa shape index (κ3) is 4.41. The number of pyridine rings is 1. The molecule has 0 atom stereocenters. The molecule has 0 aliphatic carbocycles. The molecule has 1 amide bonds. The van der Waals surface area contributed by atoms with Gasteiger partial charge in [-0.15, -0.1) is 0 Å². The van der Waals surface area contributed by atoms with Gasteiger partial charge in [-0.05, 0) is 31.2 Å². The first-order chi connectivity index (χ1) is 14.8. The Labute approximate surface area is 181 Å². The Hall–Kier alpha value is -2.94. The van der Waals surface area contributed by atoms with Crippen LogP contribution in [-0.4, -0.2) is 53.6 Å². The van der Waals surface area contributed by atoms with Crippen LogP contribution in [0.15, 0.2) is 36.5 Å². The van der Waals surface area contributed by atoms with E-state index < -0.39 is 11.7 Å². The molecule has 3 aromatic rings. The number of carbonyl (C=O) groups is 1. The van der Waals surface area contributed by atoms with Gasteiger partial charge in [0.2, 0.25) is 0 Å². The SMILES string of the molecule is CCOc1ccc2cc(C(=O)N3CCN(c4ncc(C(F)(F)F)cc4Cl)CC3)[nH]c2c1. The smallest absolute Gasteiger partial charge is 0.417 e. The molecule has 0 radical (unpaired) electrons. The van der Waals surface area contributed by atoms with Crippen LogP contribution in [0.2, 0.25) is 5.02 Å². The van der Waals surface area contributed by atoms with E-state index in [4.69, 9.17) is 16.3 Å². The summed E-state index contributed by atoms with van der Waals surface area (Å²) in [6, 6.07) is 8.28. The number of H-pyrrole nitrogens is 1. The topological polar surface area (TPSA) is 61.5 Å². The number of hydrogen-bond acceptors (Lipinski definition) is 4.